The Hall–Kier alpha value is -3.47. The molecule has 1 fully saturated rings. The van der Waals surface area contributed by atoms with Gasteiger partial charge in [-0.1, -0.05) is 12.2 Å². The summed E-state index contributed by atoms with van der Waals surface area (Å²) in [4.78, 5) is 15.2. The lowest BCUT2D eigenvalue weighted by Gasteiger charge is -2.27. The van der Waals surface area contributed by atoms with Gasteiger partial charge in [0.2, 0.25) is 0 Å². The van der Waals surface area contributed by atoms with Crippen molar-refractivity contribution < 1.29 is 31.8 Å². The van der Waals surface area contributed by atoms with Crippen LogP contribution in [0.4, 0.5) is 15.8 Å². The summed E-state index contributed by atoms with van der Waals surface area (Å²) in [6, 6.07) is 8.91. The van der Waals surface area contributed by atoms with Crippen molar-refractivity contribution in [2.24, 2.45) is 0 Å². The SMILES string of the molecule is COC(=O)c1c(N(c2ccc(F)cc2C=CCN2CCCC2)S(=O)O)ccc2c1OCc1occc1-2. The van der Waals surface area contributed by atoms with Gasteiger partial charge in [-0.25, -0.2) is 17.7 Å². The minimum Gasteiger partial charge on any atom is -0.484 e. The smallest absolute Gasteiger partial charge is 0.343 e. The van der Waals surface area contributed by atoms with Crippen molar-refractivity contribution in [2.45, 2.75) is 19.4 Å². The molecule has 10 heteroatoms. The van der Waals surface area contributed by atoms with Crippen LogP contribution in [-0.2, 0) is 22.6 Å². The van der Waals surface area contributed by atoms with Crippen LogP contribution in [-0.4, -0.2) is 46.4 Å². The molecule has 2 aliphatic rings. The van der Waals surface area contributed by atoms with Gasteiger partial charge in [-0.3, -0.25) is 9.45 Å². The van der Waals surface area contributed by atoms with Gasteiger partial charge in [0, 0.05) is 23.2 Å². The Kier molecular flexibility index (Phi) is 6.90. The number of hydrogen-bond acceptors (Lipinski definition) is 6. The standard InChI is InChI=1S/C26H25FN2O6S/c1-33-26(30)24-22(9-7-20-19-10-14-34-23(19)16-35-25(20)24)29(36(31)32)21-8-6-18(27)15-17(21)5-4-13-28-11-2-3-12-28/h4-10,14-15H,2-3,11-13,16H2,1H3,(H,31,32). The molecule has 1 aromatic heterocycles. The summed E-state index contributed by atoms with van der Waals surface area (Å²) in [6.07, 6.45) is 7.45. The van der Waals surface area contributed by atoms with Gasteiger partial charge in [-0.2, -0.15) is 0 Å². The number of halogens is 1. The maximum Gasteiger partial charge on any atom is 0.343 e. The van der Waals surface area contributed by atoms with Crippen molar-refractivity contribution in [3.63, 3.8) is 0 Å². The van der Waals surface area contributed by atoms with Crippen molar-refractivity contribution in [2.75, 3.05) is 31.0 Å². The summed E-state index contributed by atoms with van der Waals surface area (Å²) in [7, 11) is 1.22. The molecule has 1 unspecified atom stereocenters. The fraction of sp³-hybridized carbons (Fsp3) is 0.269. The number of carbonyl (C=O) groups excluding carboxylic acids is 1. The first kappa shape index (κ1) is 24.2. The summed E-state index contributed by atoms with van der Waals surface area (Å²) >= 11 is -2.61. The molecular weight excluding hydrogens is 487 g/mol. The zero-order valence-electron chi connectivity index (χ0n) is 19.6. The Balaban J connectivity index is 1.62. The van der Waals surface area contributed by atoms with Crippen LogP contribution in [0.2, 0.25) is 0 Å². The largest absolute Gasteiger partial charge is 0.484 e. The van der Waals surface area contributed by atoms with E-state index < -0.39 is 23.1 Å². The molecule has 1 atom stereocenters. The number of furan rings is 1. The molecule has 1 N–H and O–H groups in total. The number of nitrogens with zero attached hydrogens (tertiary/aromatic N) is 2. The van der Waals surface area contributed by atoms with E-state index in [-0.39, 0.29) is 29.3 Å². The Morgan fingerprint density at radius 3 is 2.72 bits per heavy atom. The molecule has 1 saturated heterocycles. The quantitative estimate of drug-likeness (QED) is 0.346. The van der Waals surface area contributed by atoms with E-state index in [1.165, 1.54) is 31.6 Å². The van der Waals surface area contributed by atoms with Crippen molar-refractivity contribution in [1.82, 2.24) is 4.90 Å². The summed E-state index contributed by atoms with van der Waals surface area (Å²) in [5.41, 5.74) is 2.08. The van der Waals surface area contributed by atoms with Crippen molar-refractivity contribution in [1.29, 1.82) is 0 Å². The molecule has 0 spiro atoms. The number of benzene rings is 2. The summed E-state index contributed by atoms with van der Waals surface area (Å²) in [5.74, 6) is -0.398. The van der Waals surface area contributed by atoms with Gasteiger partial charge in [0.05, 0.1) is 24.7 Å². The zero-order valence-corrected chi connectivity index (χ0v) is 20.4. The minimum atomic E-state index is -2.61. The summed E-state index contributed by atoms with van der Waals surface area (Å²) < 4.78 is 54.7. The molecule has 0 bridgehead atoms. The first-order valence-electron chi connectivity index (χ1n) is 11.5. The Bertz CT molecular complexity index is 1350. The normalized spacial score (nSPS) is 15.9. The number of hydrogen-bond donors (Lipinski definition) is 1. The fourth-order valence-electron chi connectivity index (χ4n) is 4.67. The van der Waals surface area contributed by atoms with E-state index in [4.69, 9.17) is 13.9 Å². The molecule has 3 heterocycles. The van der Waals surface area contributed by atoms with E-state index in [1.54, 1.807) is 24.3 Å². The third kappa shape index (κ3) is 4.55. The highest BCUT2D eigenvalue weighted by Crippen LogP contribution is 2.46. The third-order valence-corrected chi connectivity index (χ3v) is 7.06. The molecule has 36 heavy (non-hydrogen) atoms. The van der Waals surface area contributed by atoms with Crippen molar-refractivity contribution in [3.8, 4) is 16.9 Å². The molecule has 3 aromatic rings. The molecule has 0 radical (unpaired) electrons. The van der Waals surface area contributed by atoms with Gasteiger partial charge in [0.15, 0.2) is 0 Å². The van der Waals surface area contributed by atoms with Crippen LogP contribution in [0.25, 0.3) is 17.2 Å². The highest BCUT2D eigenvalue weighted by atomic mass is 32.2. The maximum absolute atomic E-state index is 14.2. The molecule has 2 aliphatic heterocycles. The van der Waals surface area contributed by atoms with Crippen LogP contribution in [0.3, 0.4) is 0 Å². The fourth-order valence-corrected chi connectivity index (χ4v) is 5.32. The number of esters is 1. The number of likely N-dealkylation sites (tertiary alicyclic amines) is 1. The topological polar surface area (TPSA) is 92.5 Å². The molecule has 5 rings (SSSR count). The first-order valence-corrected chi connectivity index (χ1v) is 12.6. The third-order valence-electron chi connectivity index (χ3n) is 6.35. The second-order valence-electron chi connectivity index (χ2n) is 8.51. The van der Waals surface area contributed by atoms with Crippen LogP contribution < -0.4 is 9.04 Å². The van der Waals surface area contributed by atoms with Gasteiger partial charge in [0.25, 0.3) is 11.3 Å². The van der Waals surface area contributed by atoms with Crippen LogP contribution in [0.15, 0.2) is 53.2 Å². The van der Waals surface area contributed by atoms with Gasteiger partial charge in [-0.15, -0.1) is 0 Å². The minimum absolute atomic E-state index is 0.0134. The van der Waals surface area contributed by atoms with Gasteiger partial charge < -0.3 is 13.9 Å². The maximum atomic E-state index is 14.2. The van der Waals surface area contributed by atoms with Crippen molar-refractivity contribution in [3.05, 3.63) is 71.4 Å². The van der Waals surface area contributed by atoms with Crippen LogP contribution >= 0.6 is 0 Å². The molecule has 188 valence electrons. The van der Waals surface area contributed by atoms with E-state index in [1.807, 2.05) is 6.08 Å². The molecule has 8 nitrogen and oxygen atoms in total. The number of methoxy groups -OCH3 is 1. The van der Waals surface area contributed by atoms with Crippen molar-refractivity contribution >= 4 is 34.7 Å². The Morgan fingerprint density at radius 1 is 1.19 bits per heavy atom. The average molecular weight is 513 g/mol. The predicted octanol–water partition coefficient (Wildman–Crippen LogP) is 5.15. The second-order valence-corrected chi connectivity index (χ2v) is 9.34. The zero-order chi connectivity index (χ0) is 25.2. The lowest BCUT2D eigenvalue weighted by atomic mass is 9.98. The first-order chi connectivity index (χ1) is 17.5. The lowest BCUT2D eigenvalue weighted by molar-refractivity contribution is 0.0596. The summed E-state index contributed by atoms with van der Waals surface area (Å²) in [6.45, 7) is 2.78. The lowest BCUT2D eigenvalue weighted by Crippen LogP contribution is -2.24. The van der Waals surface area contributed by atoms with E-state index >= 15 is 0 Å². The predicted molar refractivity (Wildman–Crippen MR) is 134 cm³/mol. The van der Waals surface area contributed by atoms with E-state index in [0.29, 0.717) is 23.4 Å². The van der Waals surface area contributed by atoms with E-state index in [2.05, 4.69) is 4.90 Å². The van der Waals surface area contributed by atoms with Crippen LogP contribution in [0.1, 0.15) is 34.5 Å². The highest BCUT2D eigenvalue weighted by molar-refractivity contribution is 7.81. The number of carbonyl (C=O) groups is 1. The second kappa shape index (κ2) is 10.3. The highest BCUT2D eigenvalue weighted by Gasteiger charge is 2.32. The number of anilines is 2. The van der Waals surface area contributed by atoms with E-state index in [9.17, 15) is 17.9 Å². The van der Waals surface area contributed by atoms with E-state index in [0.717, 1.165) is 35.8 Å². The molecule has 0 saturated carbocycles. The van der Waals surface area contributed by atoms with Gasteiger partial charge in [0.1, 0.15) is 29.5 Å². The van der Waals surface area contributed by atoms with Gasteiger partial charge >= 0.3 is 5.97 Å². The Morgan fingerprint density at radius 2 is 1.97 bits per heavy atom. The summed E-state index contributed by atoms with van der Waals surface area (Å²) in [5, 5.41) is 0. The number of ether oxygens (including phenoxy) is 2. The molecule has 2 aromatic carbocycles. The molecule has 0 aliphatic carbocycles. The Labute approximate surface area is 210 Å². The van der Waals surface area contributed by atoms with Crippen LogP contribution in [0.5, 0.6) is 5.75 Å². The van der Waals surface area contributed by atoms with Crippen LogP contribution in [0, 0.1) is 5.82 Å². The average Bonchev–Trinajstić information content (AvgIpc) is 3.56. The monoisotopic (exact) mass is 512 g/mol. The van der Waals surface area contributed by atoms with Gasteiger partial charge in [-0.05, 0) is 62.3 Å². The molecule has 0 amide bonds. The number of fused-ring (bicyclic) bond motifs is 3. The number of rotatable bonds is 7. The molecular formula is C26H25FN2O6S.